The van der Waals surface area contributed by atoms with E-state index in [1.807, 2.05) is 6.92 Å². The van der Waals surface area contributed by atoms with Crippen molar-refractivity contribution in [2.45, 2.75) is 23.7 Å². The molecular formula is C17H19F3N2O4S2. The molecule has 0 aliphatic carbocycles. The Labute approximate surface area is 165 Å². The molecule has 0 saturated heterocycles. The van der Waals surface area contributed by atoms with Crippen LogP contribution in [0, 0.1) is 0 Å². The highest BCUT2D eigenvalue weighted by molar-refractivity contribution is 7.91. The second kappa shape index (κ2) is 8.93. The van der Waals surface area contributed by atoms with E-state index in [-0.39, 0.29) is 22.3 Å². The van der Waals surface area contributed by atoms with Crippen molar-refractivity contribution in [2.24, 2.45) is 0 Å². The van der Waals surface area contributed by atoms with E-state index in [2.05, 4.69) is 5.32 Å². The molecule has 2 aromatic rings. The smallest absolute Gasteiger partial charge is 0.416 e. The van der Waals surface area contributed by atoms with Crippen molar-refractivity contribution in [3.63, 3.8) is 0 Å². The number of sulfonamides is 1. The number of hydrogen-bond acceptors (Lipinski definition) is 5. The van der Waals surface area contributed by atoms with Crippen molar-refractivity contribution in [3.05, 3.63) is 41.3 Å². The molecule has 6 nitrogen and oxygen atoms in total. The third kappa shape index (κ3) is 5.46. The molecule has 0 bridgehead atoms. The minimum absolute atomic E-state index is 0.0637. The number of amides is 1. The van der Waals surface area contributed by atoms with E-state index in [9.17, 15) is 26.4 Å². The fraction of sp³-hybridized carbons (Fsp3) is 0.353. The zero-order valence-corrected chi connectivity index (χ0v) is 16.7. The maximum Gasteiger partial charge on any atom is 0.416 e. The van der Waals surface area contributed by atoms with Crippen LogP contribution in [-0.4, -0.2) is 38.8 Å². The third-order valence-electron chi connectivity index (χ3n) is 3.57. The van der Waals surface area contributed by atoms with E-state index >= 15 is 0 Å². The molecule has 1 aromatic heterocycles. The monoisotopic (exact) mass is 436 g/mol. The second-order valence-electron chi connectivity index (χ2n) is 5.80. The van der Waals surface area contributed by atoms with Gasteiger partial charge in [0.05, 0.1) is 24.4 Å². The molecule has 1 N–H and O–H groups in total. The molecule has 0 saturated carbocycles. The second-order valence-corrected chi connectivity index (χ2v) is 9.02. The lowest BCUT2D eigenvalue weighted by Gasteiger charge is -2.18. The number of thiophene rings is 1. The average Bonchev–Trinajstić information content (AvgIpc) is 3.15. The highest BCUT2D eigenvalue weighted by Crippen LogP contribution is 2.35. The molecule has 0 aliphatic heterocycles. The van der Waals surface area contributed by atoms with Crippen molar-refractivity contribution in [1.82, 2.24) is 4.31 Å². The van der Waals surface area contributed by atoms with Gasteiger partial charge in [0.25, 0.3) is 10.0 Å². The van der Waals surface area contributed by atoms with E-state index in [1.54, 1.807) is 11.4 Å². The number of carbonyl (C=O) groups is 1. The minimum atomic E-state index is -4.60. The van der Waals surface area contributed by atoms with Gasteiger partial charge >= 0.3 is 6.18 Å². The summed E-state index contributed by atoms with van der Waals surface area (Å²) >= 11 is 0.999. The van der Waals surface area contributed by atoms with E-state index in [4.69, 9.17) is 4.74 Å². The molecule has 0 radical (unpaired) electrons. The summed E-state index contributed by atoms with van der Waals surface area (Å²) in [6, 6.07) is 5.70. The standard InChI is InChI=1S/C17H19F3N2O4S2/c1-3-8-26-14-7-6-12(17(18,19)20)10-13(14)21-15(23)11-22(2)28(24,25)16-5-4-9-27-16/h4-7,9-10H,3,8,11H2,1-2H3,(H,21,23). The van der Waals surface area contributed by atoms with Crippen molar-refractivity contribution in [3.8, 4) is 5.75 Å². The van der Waals surface area contributed by atoms with Gasteiger partial charge in [-0.25, -0.2) is 8.42 Å². The summed E-state index contributed by atoms with van der Waals surface area (Å²) < 4.78 is 69.9. The Bertz CT molecular complexity index is 913. The lowest BCUT2D eigenvalue weighted by atomic mass is 10.1. The molecule has 11 heteroatoms. The Kier molecular flexibility index (Phi) is 7.07. The number of likely N-dealkylation sites (N-methyl/N-ethyl adjacent to an activating group) is 1. The largest absolute Gasteiger partial charge is 0.491 e. The first-order valence-corrected chi connectivity index (χ1v) is 10.5. The minimum Gasteiger partial charge on any atom is -0.491 e. The van der Waals surface area contributed by atoms with Gasteiger partial charge in [-0.3, -0.25) is 4.79 Å². The van der Waals surface area contributed by atoms with Crippen LogP contribution < -0.4 is 10.1 Å². The van der Waals surface area contributed by atoms with Gasteiger partial charge in [0.15, 0.2) is 0 Å². The number of nitrogens with one attached hydrogen (secondary N) is 1. The first-order chi connectivity index (χ1) is 13.1. The van der Waals surface area contributed by atoms with E-state index in [1.165, 1.54) is 13.1 Å². The van der Waals surface area contributed by atoms with Crippen LogP contribution in [0.1, 0.15) is 18.9 Å². The maximum absolute atomic E-state index is 13.0. The molecule has 0 unspecified atom stereocenters. The fourth-order valence-electron chi connectivity index (χ4n) is 2.18. The Hall–Kier alpha value is -2.11. The summed E-state index contributed by atoms with van der Waals surface area (Å²) in [4.78, 5) is 12.3. The van der Waals surface area contributed by atoms with Gasteiger partial charge < -0.3 is 10.1 Å². The molecule has 0 aliphatic rings. The van der Waals surface area contributed by atoms with Gasteiger partial charge in [-0.1, -0.05) is 13.0 Å². The Morgan fingerprint density at radius 3 is 2.57 bits per heavy atom. The number of rotatable bonds is 8. The molecule has 28 heavy (non-hydrogen) atoms. The summed E-state index contributed by atoms with van der Waals surface area (Å²) in [7, 11) is -2.64. The Balaban J connectivity index is 2.19. The lowest BCUT2D eigenvalue weighted by molar-refractivity contribution is -0.137. The molecule has 0 atom stereocenters. The number of benzene rings is 1. The van der Waals surface area contributed by atoms with Gasteiger partial charge in [0, 0.05) is 7.05 Å². The average molecular weight is 436 g/mol. The summed E-state index contributed by atoms with van der Waals surface area (Å²) in [5.74, 6) is -0.713. The van der Waals surface area contributed by atoms with E-state index in [0.29, 0.717) is 6.42 Å². The fourth-order valence-corrected chi connectivity index (χ4v) is 4.51. The van der Waals surface area contributed by atoms with Crippen molar-refractivity contribution < 1.29 is 31.1 Å². The summed E-state index contributed by atoms with van der Waals surface area (Å²) in [5, 5.41) is 3.90. The van der Waals surface area contributed by atoms with Crippen LogP contribution >= 0.6 is 11.3 Å². The molecule has 1 amide bonds. The highest BCUT2D eigenvalue weighted by Gasteiger charge is 2.31. The molecule has 0 spiro atoms. The topological polar surface area (TPSA) is 75.7 Å². The van der Waals surface area contributed by atoms with Crippen LogP contribution in [0.25, 0.3) is 0 Å². The van der Waals surface area contributed by atoms with Crippen LogP contribution in [-0.2, 0) is 21.0 Å². The normalized spacial score (nSPS) is 12.2. The van der Waals surface area contributed by atoms with Gasteiger partial charge in [-0.2, -0.15) is 17.5 Å². The van der Waals surface area contributed by atoms with E-state index in [0.717, 1.165) is 33.8 Å². The van der Waals surface area contributed by atoms with Crippen LogP contribution in [0.2, 0.25) is 0 Å². The van der Waals surface area contributed by atoms with Crippen molar-refractivity contribution in [2.75, 3.05) is 25.5 Å². The molecule has 154 valence electrons. The molecule has 1 heterocycles. The maximum atomic E-state index is 13.0. The van der Waals surface area contributed by atoms with Gasteiger partial charge in [0.1, 0.15) is 9.96 Å². The first-order valence-electron chi connectivity index (χ1n) is 8.19. The lowest BCUT2D eigenvalue weighted by Crippen LogP contribution is -2.34. The molecular weight excluding hydrogens is 417 g/mol. The van der Waals surface area contributed by atoms with E-state index < -0.39 is 34.2 Å². The van der Waals surface area contributed by atoms with Gasteiger partial charge in [0.2, 0.25) is 5.91 Å². The molecule has 0 fully saturated rings. The zero-order chi connectivity index (χ0) is 20.9. The van der Waals surface area contributed by atoms with Crippen molar-refractivity contribution >= 4 is 33.0 Å². The van der Waals surface area contributed by atoms with Crippen LogP contribution in [0.4, 0.5) is 18.9 Å². The number of ether oxygens (including phenoxy) is 1. The third-order valence-corrected chi connectivity index (χ3v) is 6.74. The number of halogens is 3. The summed E-state index contributed by atoms with van der Waals surface area (Å²) in [6.07, 6.45) is -3.97. The number of anilines is 1. The van der Waals surface area contributed by atoms with Gasteiger partial charge in [-0.05, 0) is 36.1 Å². The highest BCUT2D eigenvalue weighted by atomic mass is 32.2. The number of carbonyl (C=O) groups excluding carboxylic acids is 1. The summed E-state index contributed by atoms with van der Waals surface area (Å²) in [5.41, 5.74) is -1.12. The predicted molar refractivity (Wildman–Crippen MR) is 100.0 cm³/mol. The Morgan fingerprint density at radius 2 is 2.00 bits per heavy atom. The van der Waals surface area contributed by atoms with Crippen LogP contribution in [0.5, 0.6) is 5.75 Å². The zero-order valence-electron chi connectivity index (χ0n) is 15.1. The number of alkyl halides is 3. The van der Waals surface area contributed by atoms with Crippen LogP contribution in [0.3, 0.4) is 0 Å². The molecule has 2 rings (SSSR count). The van der Waals surface area contributed by atoms with Crippen LogP contribution in [0.15, 0.2) is 39.9 Å². The summed E-state index contributed by atoms with van der Waals surface area (Å²) in [6.45, 7) is 1.51. The Morgan fingerprint density at radius 1 is 1.29 bits per heavy atom. The number of nitrogens with zero attached hydrogens (tertiary/aromatic N) is 1. The van der Waals surface area contributed by atoms with Gasteiger partial charge in [-0.15, -0.1) is 11.3 Å². The first kappa shape index (κ1) is 22.2. The molecule has 1 aromatic carbocycles. The number of hydrogen-bond donors (Lipinski definition) is 1. The van der Waals surface area contributed by atoms with Crippen molar-refractivity contribution in [1.29, 1.82) is 0 Å². The SMILES string of the molecule is CCCOc1ccc(C(F)(F)F)cc1NC(=O)CN(C)S(=O)(=O)c1cccs1. The predicted octanol–water partition coefficient (Wildman–Crippen LogP) is 3.81. The quantitative estimate of drug-likeness (QED) is 0.683.